The predicted octanol–water partition coefficient (Wildman–Crippen LogP) is 4.60. The van der Waals surface area contributed by atoms with Crippen LogP contribution in [0.2, 0.25) is 0 Å². The first kappa shape index (κ1) is 25.1. The van der Waals surface area contributed by atoms with Crippen molar-refractivity contribution >= 4 is 41.5 Å². The van der Waals surface area contributed by atoms with Crippen molar-refractivity contribution in [1.82, 2.24) is 4.90 Å². The van der Waals surface area contributed by atoms with Gasteiger partial charge in [0.1, 0.15) is 0 Å². The molecule has 1 heterocycles. The molecule has 2 aromatic rings. The number of hydrogen-bond acceptors (Lipinski definition) is 3. The van der Waals surface area contributed by atoms with E-state index in [4.69, 9.17) is 10.5 Å². The van der Waals surface area contributed by atoms with Crippen LogP contribution in [0.5, 0.6) is 0 Å². The molecular formula is C24H33IN4O2. The Morgan fingerprint density at radius 2 is 1.81 bits per heavy atom. The van der Waals surface area contributed by atoms with E-state index < -0.39 is 0 Å². The highest BCUT2D eigenvalue weighted by molar-refractivity contribution is 14.0. The number of benzene rings is 2. The zero-order valence-corrected chi connectivity index (χ0v) is 21.0. The van der Waals surface area contributed by atoms with Gasteiger partial charge in [-0.05, 0) is 55.2 Å². The maximum atomic E-state index is 12.8. The number of hydrogen-bond donors (Lipinski definition) is 2. The van der Waals surface area contributed by atoms with Gasteiger partial charge in [0.25, 0.3) is 5.91 Å². The molecule has 1 fully saturated rings. The SMILES string of the molecule is CC1CN(C(=O)c2ccc(CN=C(N)Nc3cccc(C(C)C)c3)cc2)CC(C)O1.I. The van der Waals surface area contributed by atoms with E-state index in [9.17, 15) is 4.79 Å². The van der Waals surface area contributed by atoms with Gasteiger partial charge in [0.2, 0.25) is 0 Å². The smallest absolute Gasteiger partial charge is 0.254 e. The molecule has 168 valence electrons. The second-order valence-electron chi connectivity index (χ2n) is 8.27. The highest BCUT2D eigenvalue weighted by atomic mass is 127. The second kappa shape index (κ2) is 11.5. The summed E-state index contributed by atoms with van der Waals surface area (Å²) in [5.41, 5.74) is 9.90. The lowest BCUT2D eigenvalue weighted by Crippen LogP contribution is -2.48. The first-order valence-electron chi connectivity index (χ1n) is 10.5. The Bertz CT molecular complexity index is 889. The lowest BCUT2D eigenvalue weighted by Gasteiger charge is -2.35. The summed E-state index contributed by atoms with van der Waals surface area (Å²) < 4.78 is 5.71. The van der Waals surface area contributed by atoms with Gasteiger partial charge < -0.3 is 20.7 Å². The van der Waals surface area contributed by atoms with Crippen LogP contribution in [0.15, 0.2) is 53.5 Å². The number of halogens is 1. The summed E-state index contributed by atoms with van der Waals surface area (Å²) in [6.07, 6.45) is 0.117. The average molecular weight is 536 g/mol. The van der Waals surface area contributed by atoms with E-state index in [2.05, 4.69) is 36.3 Å². The van der Waals surface area contributed by atoms with Gasteiger partial charge in [0.05, 0.1) is 18.8 Å². The number of rotatable bonds is 5. The summed E-state index contributed by atoms with van der Waals surface area (Å²) in [7, 11) is 0. The summed E-state index contributed by atoms with van der Waals surface area (Å²) >= 11 is 0. The Morgan fingerprint density at radius 3 is 2.42 bits per heavy atom. The molecule has 2 atom stereocenters. The number of guanidine groups is 1. The fourth-order valence-electron chi connectivity index (χ4n) is 3.62. The molecule has 6 nitrogen and oxygen atoms in total. The number of carbonyl (C=O) groups is 1. The molecule has 31 heavy (non-hydrogen) atoms. The fourth-order valence-corrected chi connectivity index (χ4v) is 3.62. The van der Waals surface area contributed by atoms with Crippen LogP contribution in [0.25, 0.3) is 0 Å². The molecule has 0 aromatic heterocycles. The van der Waals surface area contributed by atoms with Crippen molar-refractivity contribution in [3.63, 3.8) is 0 Å². The highest BCUT2D eigenvalue weighted by Gasteiger charge is 2.26. The number of anilines is 1. The van der Waals surface area contributed by atoms with Gasteiger partial charge in [0, 0.05) is 24.3 Å². The van der Waals surface area contributed by atoms with E-state index in [0.717, 1.165) is 11.3 Å². The highest BCUT2D eigenvalue weighted by Crippen LogP contribution is 2.18. The summed E-state index contributed by atoms with van der Waals surface area (Å²) in [5.74, 6) is 0.862. The molecule has 1 saturated heterocycles. The minimum absolute atomic E-state index is 0. The Hall–Kier alpha value is -2.13. The normalized spacial score (nSPS) is 19.1. The Kier molecular flexibility index (Phi) is 9.31. The Labute approximate surface area is 202 Å². The summed E-state index contributed by atoms with van der Waals surface area (Å²) in [4.78, 5) is 19.0. The molecule has 2 unspecified atom stereocenters. The lowest BCUT2D eigenvalue weighted by atomic mass is 10.0. The molecular weight excluding hydrogens is 503 g/mol. The molecule has 3 N–H and O–H groups in total. The zero-order valence-electron chi connectivity index (χ0n) is 18.7. The van der Waals surface area contributed by atoms with Crippen molar-refractivity contribution in [3.05, 3.63) is 65.2 Å². The standard InChI is InChI=1S/C24H32N4O2.HI/c1-16(2)21-6-5-7-22(12-21)27-24(25)26-13-19-8-10-20(11-9-19)23(29)28-14-17(3)30-18(4)15-28;/h5-12,16-18H,13-15H2,1-4H3,(H3,25,26,27);1H. The molecule has 3 rings (SSSR count). The van der Waals surface area contributed by atoms with Crippen molar-refractivity contribution in [3.8, 4) is 0 Å². The van der Waals surface area contributed by atoms with E-state index in [1.165, 1.54) is 5.56 Å². The molecule has 1 aliphatic rings. The quantitative estimate of drug-likeness (QED) is 0.333. The number of aliphatic imine (C=N–C) groups is 1. The molecule has 7 heteroatoms. The molecule has 0 spiro atoms. The van der Waals surface area contributed by atoms with Gasteiger partial charge in [-0.15, -0.1) is 24.0 Å². The van der Waals surface area contributed by atoms with Gasteiger partial charge in [-0.3, -0.25) is 4.79 Å². The monoisotopic (exact) mass is 536 g/mol. The number of ether oxygens (including phenoxy) is 1. The maximum Gasteiger partial charge on any atom is 0.254 e. The third-order valence-corrected chi connectivity index (χ3v) is 5.17. The van der Waals surface area contributed by atoms with Gasteiger partial charge in [-0.1, -0.05) is 38.1 Å². The van der Waals surface area contributed by atoms with Gasteiger partial charge in [0.15, 0.2) is 5.96 Å². The minimum Gasteiger partial charge on any atom is -0.372 e. The largest absolute Gasteiger partial charge is 0.372 e. The van der Waals surface area contributed by atoms with Crippen molar-refractivity contribution < 1.29 is 9.53 Å². The number of nitrogens with one attached hydrogen (secondary N) is 1. The van der Waals surface area contributed by atoms with Crippen molar-refractivity contribution in [1.29, 1.82) is 0 Å². The van der Waals surface area contributed by atoms with Gasteiger partial charge in [-0.25, -0.2) is 4.99 Å². The van der Waals surface area contributed by atoms with E-state index in [1.807, 2.05) is 55.1 Å². The van der Waals surface area contributed by atoms with Crippen LogP contribution in [0.4, 0.5) is 5.69 Å². The molecule has 0 saturated carbocycles. The van der Waals surface area contributed by atoms with E-state index in [0.29, 0.717) is 37.1 Å². The van der Waals surface area contributed by atoms with Crippen LogP contribution >= 0.6 is 24.0 Å². The summed E-state index contributed by atoms with van der Waals surface area (Å²) in [5, 5.41) is 3.14. The number of carbonyl (C=O) groups excluding carboxylic acids is 1. The van der Waals surface area contributed by atoms with Crippen LogP contribution in [0.1, 0.15) is 55.1 Å². The zero-order chi connectivity index (χ0) is 21.7. The molecule has 0 radical (unpaired) electrons. The van der Waals surface area contributed by atoms with Crippen LogP contribution in [0.3, 0.4) is 0 Å². The Morgan fingerprint density at radius 1 is 1.16 bits per heavy atom. The van der Waals surface area contributed by atoms with E-state index in [1.54, 1.807) is 0 Å². The average Bonchev–Trinajstić information content (AvgIpc) is 2.71. The minimum atomic E-state index is 0. The Balaban J connectivity index is 0.00000341. The molecule has 2 aromatic carbocycles. The van der Waals surface area contributed by atoms with E-state index >= 15 is 0 Å². The van der Waals surface area contributed by atoms with Crippen LogP contribution < -0.4 is 11.1 Å². The van der Waals surface area contributed by atoms with Crippen LogP contribution in [0, 0.1) is 0 Å². The van der Waals surface area contributed by atoms with Crippen LogP contribution in [-0.2, 0) is 11.3 Å². The number of nitrogens with two attached hydrogens (primary N) is 1. The fraction of sp³-hybridized carbons (Fsp3) is 0.417. The first-order chi connectivity index (χ1) is 14.3. The molecule has 0 aliphatic carbocycles. The second-order valence-corrected chi connectivity index (χ2v) is 8.27. The summed E-state index contributed by atoms with van der Waals surface area (Å²) in [6.45, 7) is 9.99. The summed E-state index contributed by atoms with van der Waals surface area (Å²) in [6, 6.07) is 15.7. The topological polar surface area (TPSA) is 80.0 Å². The van der Waals surface area contributed by atoms with Gasteiger partial charge in [-0.2, -0.15) is 0 Å². The van der Waals surface area contributed by atoms with Gasteiger partial charge >= 0.3 is 0 Å². The maximum absolute atomic E-state index is 12.8. The van der Waals surface area contributed by atoms with Crippen LogP contribution in [-0.4, -0.2) is 42.1 Å². The third kappa shape index (κ3) is 7.21. The third-order valence-electron chi connectivity index (χ3n) is 5.17. The number of nitrogens with zero attached hydrogens (tertiary/aromatic N) is 2. The lowest BCUT2D eigenvalue weighted by molar-refractivity contribution is -0.0586. The van der Waals surface area contributed by atoms with Crippen molar-refractivity contribution in [2.75, 3.05) is 18.4 Å². The number of morpholine rings is 1. The molecule has 1 amide bonds. The molecule has 1 aliphatic heterocycles. The van der Waals surface area contributed by atoms with Crippen molar-refractivity contribution in [2.45, 2.75) is 52.4 Å². The van der Waals surface area contributed by atoms with E-state index in [-0.39, 0.29) is 42.1 Å². The predicted molar refractivity (Wildman–Crippen MR) is 137 cm³/mol. The van der Waals surface area contributed by atoms with Crippen molar-refractivity contribution in [2.24, 2.45) is 10.7 Å². The first-order valence-corrected chi connectivity index (χ1v) is 10.5. The number of amides is 1. The molecule has 0 bridgehead atoms.